The van der Waals surface area contributed by atoms with E-state index in [0.717, 1.165) is 36.4 Å². The molecule has 3 heteroatoms. The Morgan fingerprint density at radius 3 is 2.62 bits per heavy atom. The zero-order valence-corrected chi connectivity index (χ0v) is 12.5. The van der Waals surface area contributed by atoms with Crippen molar-refractivity contribution < 1.29 is 9.47 Å². The van der Waals surface area contributed by atoms with Gasteiger partial charge in [0.1, 0.15) is 5.75 Å². The molecule has 0 heterocycles. The first-order valence-corrected chi connectivity index (χ1v) is 7.42. The van der Waals surface area contributed by atoms with Crippen molar-refractivity contribution in [2.45, 2.75) is 26.4 Å². The largest absolute Gasteiger partial charge is 0.494 e. The van der Waals surface area contributed by atoms with Crippen LogP contribution in [0.1, 0.15) is 24.5 Å². The third-order valence-electron chi connectivity index (χ3n) is 3.24. The average Bonchev–Trinajstić information content (AvgIpc) is 2.51. The van der Waals surface area contributed by atoms with Crippen LogP contribution in [0.3, 0.4) is 0 Å². The highest BCUT2D eigenvalue weighted by molar-refractivity contribution is 5.47. The van der Waals surface area contributed by atoms with Gasteiger partial charge in [-0.25, -0.2) is 0 Å². The molecule has 0 radical (unpaired) electrons. The summed E-state index contributed by atoms with van der Waals surface area (Å²) in [7, 11) is 0. The number of aryl methyl sites for hydroxylation is 1. The van der Waals surface area contributed by atoms with Gasteiger partial charge in [0.2, 0.25) is 0 Å². The lowest BCUT2D eigenvalue weighted by atomic mass is 10.1. The van der Waals surface area contributed by atoms with Gasteiger partial charge in [-0.2, -0.15) is 0 Å². The fraction of sp³-hybridized carbons (Fsp3) is 0.333. The second-order valence-corrected chi connectivity index (χ2v) is 4.94. The molecule has 0 aliphatic carbocycles. The van der Waals surface area contributed by atoms with Crippen molar-refractivity contribution in [2.75, 3.05) is 18.9 Å². The SMILES string of the molecule is CCOc1ccc(N)cc1COCCCc1ccccc1. The second kappa shape index (κ2) is 8.32. The Hall–Kier alpha value is -2.00. The lowest BCUT2D eigenvalue weighted by molar-refractivity contribution is 0.116. The third kappa shape index (κ3) is 5.12. The smallest absolute Gasteiger partial charge is 0.124 e. The van der Waals surface area contributed by atoms with E-state index in [2.05, 4.69) is 24.3 Å². The van der Waals surface area contributed by atoms with Gasteiger partial charge in [0.25, 0.3) is 0 Å². The summed E-state index contributed by atoms with van der Waals surface area (Å²) >= 11 is 0. The van der Waals surface area contributed by atoms with Gasteiger partial charge in [-0.15, -0.1) is 0 Å². The summed E-state index contributed by atoms with van der Waals surface area (Å²) in [6, 6.07) is 16.1. The van der Waals surface area contributed by atoms with Crippen LogP contribution < -0.4 is 10.5 Å². The Labute approximate surface area is 126 Å². The fourth-order valence-corrected chi connectivity index (χ4v) is 2.21. The van der Waals surface area contributed by atoms with E-state index in [1.807, 2.05) is 31.2 Å². The number of benzene rings is 2. The van der Waals surface area contributed by atoms with Crippen LogP contribution in [0.5, 0.6) is 5.75 Å². The maximum absolute atomic E-state index is 5.82. The van der Waals surface area contributed by atoms with E-state index in [1.165, 1.54) is 5.56 Å². The molecule has 0 aliphatic rings. The van der Waals surface area contributed by atoms with Gasteiger partial charge in [-0.1, -0.05) is 30.3 Å². The first kappa shape index (κ1) is 15.4. The summed E-state index contributed by atoms with van der Waals surface area (Å²) in [5, 5.41) is 0. The summed E-state index contributed by atoms with van der Waals surface area (Å²) in [5.74, 6) is 0.856. The zero-order valence-electron chi connectivity index (χ0n) is 12.5. The quantitative estimate of drug-likeness (QED) is 0.592. The molecule has 2 aromatic carbocycles. The second-order valence-electron chi connectivity index (χ2n) is 4.94. The van der Waals surface area contributed by atoms with Crippen LogP contribution in [0, 0.1) is 0 Å². The monoisotopic (exact) mass is 285 g/mol. The molecule has 0 unspecified atom stereocenters. The molecule has 2 aromatic rings. The van der Waals surface area contributed by atoms with Crippen LogP contribution in [0.25, 0.3) is 0 Å². The summed E-state index contributed by atoms with van der Waals surface area (Å²) in [6.45, 7) is 3.89. The maximum Gasteiger partial charge on any atom is 0.124 e. The average molecular weight is 285 g/mol. The minimum Gasteiger partial charge on any atom is -0.494 e. The van der Waals surface area contributed by atoms with Crippen LogP contribution in [-0.2, 0) is 17.8 Å². The first-order valence-electron chi connectivity index (χ1n) is 7.42. The van der Waals surface area contributed by atoms with Gasteiger partial charge in [-0.3, -0.25) is 0 Å². The maximum atomic E-state index is 5.82. The minimum atomic E-state index is 0.537. The van der Waals surface area contributed by atoms with E-state index in [1.54, 1.807) is 0 Å². The summed E-state index contributed by atoms with van der Waals surface area (Å²) < 4.78 is 11.3. The van der Waals surface area contributed by atoms with Crippen molar-refractivity contribution in [1.82, 2.24) is 0 Å². The van der Waals surface area contributed by atoms with E-state index in [9.17, 15) is 0 Å². The Bertz CT molecular complexity index is 540. The number of rotatable bonds is 8. The van der Waals surface area contributed by atoms with E-state index in [0.29, 0.717) is 13.2 Å². The van der Waals surface area contributed by atoms with Crippen molar-refractivity contribution >= 4 is 5.69 Å². The highest BCUT2D eigenvalue weighted by Gasteiger charge is 2.04. The molecule has 0 fully saturated rings. The number of hydrogen-bond acceptors (Lipinski definition) is 3. The van der Waals surface area contributed by atoms with Crippen molar-refractivity contribution in [1.29, 1.82) is 0 Å². The summed E-state index contributed by atoms with van der Waals surface area (Å²) in [4.78, 5) is 0. The fourth-order valence-electron chi connectivity index (χ4n) is 2.21. The Morgan fingerprint density at radius 2 is 1.86 bits per heavy atom. The van der Waals surface area contributed by atoms with Crippen LogP contribution in [-0.4, -0.2) is 13.2 Å². The summed E-state index contributed by atoms with van der Waals surface area (Å²) in [5.41, 5.74) is 8.91. The molecule has 2 rings (SSSR count). The van der Waals surface area contributed by atoms with Crippen LogP contribution in [0.4, 0.5) is 5.69 Å². The lowest BCUT2D eigenvalue weighted by Gasteiger charge is -2.11. The van der Waals surface area contributed by atoms with Crippen molar-refractivity contribution in [3.8, 4) is 5.75 Å². The van der Waals surface area contributed by atoms with Crippen molar-refractivity contribution in [2.24, 2.45) is 0 Å². The predicted molar refractivity (Wildman–Crippen MR) is 86.4 cm³/mol. The number of ether oxygens (including phenoxy) is 2. The molecule has 21 heavy (non-hydrogen) atoms. The highest BCUT2D eigenvalue weighted by Crippen LogP contribution is 2.22. The Balaban J connectivity index is 1.76. The van der Waals surface area contributed by atoms with Gasteiger partial charge in [0.15, 0.2) is 0 Å². The van der Waals surface area contributed by atoms with Crippen LogP contribution >= 0.6 is 0 Å². The molecule has 0 amide bonds. The summed E-state index contributed by atoms with van der Waals surface area (Å²) in [6.07, 6.45) is 2.05. The molecule has 0 atom stereocenters. The zero-order chi connectivity index (χ0) is 14.9. The lowest BCUT2D eigenvalue weighted by Crippen LogP contribution is -2.02. The van der Waals surface area contributed by atoms with Crippen molar-refractivity contribution in [3.63, 3.8) is 0 Å². The van der Waals surface area contributed by atoms with Gasteiger partial charge in [0.05, 0.1) is 13.2 Å². The van der Waals surface area contributed by atoms with E-state index in [-0.39, 0.29) is 0 Å². The van der Waals surface area contributed by atoms with Gasteiger partial charge >= 0.3 is 0 Å². The molecule has 0 aromatic heterocycles. The van der Waals surface area contributed by atoms with Gasteiger partial charge in [-0.05, 0) is 43.5 Å². The molecule has 112 valence electrons. The van der Waals surface area contributed by atoms with Crippen LogP contribution in [0.15, 0.2) is 48.5 Å². The van der Waals surface area contributed by atoms with Gasteiger partial charge < -0.3 is 15.2 Å². The molecule has 3 nitrogen and oxygen atoms in total. The number of nitrogen functional groups attached to an aromatic ring is 1. The molecule has 0 saturated carbocycles. The standard InChI is InChI=1S/C18H23NO2/c1-2-21-18-11-10-17(19)13-16(18)14-20-12-6-9-15-7-4-3-5-8-15/h3-5,7-8,10-11,13H,2,6,9,12,14,19H2,1H3. The molecule has 2 N–H and O–H groups in total. The normalized spacial score (nSPS) is 10.5. The van der Waals surface area contributed by atoms with E-state index >= 15 is 0 Å². The van der Waals surface area contributed by atoms with Crippen molar-refractivity contribution in [3.05, 3.63) is 59.7 Å². The van der Waals surface area contributed by atoms with Crippen LogP contribution in [0.2, 0.25) is 0 Å². The van der Waals surface area contributed by atoms with Gasteiger partial charge in [0, 0.05) is 17.9 Å². The van der Waals surface area contributed by atoms with E-state index in [4.69, 9.17) is 15.2 Å². The first-order chi connectivity index (χ1) is 10.3. The molecular weight excluding hydrogens is 262 g/mol. The molecule has 0 spiro atoms. The molecule has 0 aliphatic heterocycles. The number of hydrogen-bond donors (Lipinski definition) is 1. The highest BCUT2D eigenvalue weighted by atomic mass is 16.5. The Kier molecular flexibility index (Phi) is 6.10. The topological polar surface area (TPSA) is 44.5 Å². The molecule has 0 bridgehead atoms. The van der Waals surface area contributed by atoms with E-state index < -0.39 is 0 Å². The minimum absolute atomic E-state index is 0.537. The third-order valence-corrected chi connectivity index (χ3v) is 3.24. The molecular formula is C18H23NO2. The number of anilines is 1. The number of nitrogens with two attached hydrogens (primary N) is 1. The molecule has 0 saturated heterocycles. The Morgan fingerprint density at radius 1 is 1.05 bits per heavy atom. The predicted octanol–water partition coefficient (Wildman–Crippen LogP) is 3.82.